The molecule has 7 heteroatoms. The number of pyridine rings is 1. The van der Waals surface area contributed by atoms with Crippen LogP contribution in [0.15, 0.2) is 53.6 Å². The number of benzene rings is 1. The summed E-state index contributed by atoms with van der Waals surface area (Å²) in [6.07, 6.45) is 3.32. The van der Waals surface area contributed by atoms with E-state index < -0.39 is 6.04 Å². The van der Waals surface area contributed by atoms with E-state index in [4.69, 9.17) is 0 Å². The van der Waals surface area contributed by atoms with Gasteiger partial charge in [0.25, 0.3) is 5.91 Å². The van der Waals surface area contributed by atoms with Crippen molar-refractivity contribution in [3.05, 3.63) is 81.8 Å². The summed E-state index contributed by atoms with van der Waals surface area (Å²) in [7, 11) is 0. The van der Waals surface area contributed by atoms with Gasteiger partial charge in [0.2, 0.25) is 0 Å². The Morgan fingerprint density at radius 1 is 1.17 bits per heavy atom. The first kappa shape index (κ1) is 19.1. The molecule has 3 aromatic rings. The van der Waals surface area contributed by atoms with Crippen LogP contribution in [0.4, 0.5) is 0 Å². The van der Waals surface area contributed by atoms with Crippen LogP contribution >= 0.6 is 0 Å². The average Bonchev–Trinajstić information content (AvgIpc) is 3.02. The van der Waals surface area contributed by atoms with Gasteiger partial charge in [-0.1, -0.05) is 44.2 Å². The van der Waals surface area contributed by atoms with Crippen molar-refractivity contribution in [1.29, 1.82) is 0 Å². The Kier molecular flexibility index (Phi) is 5.05. The maximum Gasteiger partial charge on any atom is 0.346 e. The van der Waals surface area contributed by atoms with Crippen molar-refractivity contribution in [3.63, 3.8) is 0 Å². The summed E-state index contributed by atoms with van der Waals surface area (Å²) < 4.78 is 3.23. The van der Waals surface area contributed by atoms with Gasteiger partial charge in [-0.25, -0.2) is 9.48 Å². The van der Waals surface area contributed by atoms with E-state index in [1.165, 1.54) is 4.68 Å². The van der Waals surface area contributed by atoms with Gasteiger partial charge in [0.15, 0.2) is 5.82 Å². The van der Waals surface area contributed by atoms with Gasteiger partial charge in [-0.15, -0.1) is 0 Å². The van der Waals surface area contributed by atoms with E-state index in [0.29, 0.717) is 36.9 Å². The third-order valence-corrected chi connectivity index (χ3v) is 5.11. The van der Waals surface area contributed by atoms with Gasteiger partial charge in [0.1, 0.15) is 6.04 Å². The fraction of sp³-hybridized carbons (Fsp3) is 0.364. The van der Waals surface area contributed by atoms with Crippen LogP contribution in [0, 0.1) is 12.8 Å². The molecule has 0 saturated carbocycles. The number of amides is 1. The minimum absolute atomic E-state index is 0.104. The standard InChI is InChI=1S/C22H25N5O2/c1-15(2)14-27-22(29)26-10-9-25(21(28)18-11-16(3)12-23-13-18)19(20(26)24-27)17-7-5-4-6-8-17/h4-8,11-13,15,19H,9-10,14H2,1-3H3. The van der Waals surface area contributed by atoms with Crippen LogP contribution in [-0.4, -0.2) is 36.7 Å². The Labute approximate surface area is 169 Å². The van der Waals surface area contributed by atoms with E-state index >= 15 is 0 Å². The zero-order valence-corrected chi connectivity index (χ0v) is 16.9. The van der Waals surface area contributed by atoms with Crippen molar-refractivity contribution < 1.29 is 4.79 Å². The second-order valence-electron chi connectivity index (χ2n) is 7.93. The lowest BCUT2D eigenvalue weighted by molar-refractivity contribution is 0.0656. The molecule has 29 heavy (non-hydrogen) atoms. The number of rotatable bonds is 4. The molecule has 1 aliphatic rings. The molecule has 0 radical (unpaired) electrons. The van der Waals surface area contributed by atoms with Gasteiger partial charge in [-0.05, 0) is 30.0 Å². The molecular weight excluding hydrogens is 366 g/mol. The molecule has 1 atom stereocenters. The summed E-state index contributed by atoms with van der Waals surface area (Å²) in [4.78, 5) is 32.2. The first-order valence-corrected chi connectivity index (χ1v) is 9.91. The number of carbonyl (C=O) groups excluding carboxylic acids is 1. The molecule has 150 valence electrons. The smallest absolute Gasteiger partial charge is 0.322 e. The van der Waals surface area contributed by atoms with Gasteiger partial charge < -0.3 is 4.90 Å². The molecule has 0 fully saturated rings. The van der Waals surface area contributed by atoms with Crippen molar-refractivity contribution in [1.82, 2.24) is 24.2 Å². The van der Waals surface area contributed by atoms with E-state index in [2.05, 4.69) is 23.9 Å². The Hall–Kier alpha value is -3.22. The molecule has 0 aliphatic carbocycles. The molecule has 0 spiro atoms. The maximum absolute atomic E-state index is 13.4. The van der Waals surface area contributed by atoms with E-state index in [1.807, 2.05) is 43.3 Å². The lowest BCUT2D eigenvalue weighted by Gasteiger charge is -2.35. The summed E-state index contributed by atoms with van der Waals surface area (Å²) in [5.74, 6) is 0.810. The quantitative estimate of drug-likeness (QED) is 0.685. The van der Waals surface area contributed by atoms with E-state index in [1.54, 1.807) is 21.9 Å². The molecule has 7 nitrogen and oxygen atoms in total. The lowest BCUT2D eigenvalue weighted by Crippen LogP contribution is -2.44. The average molecular weight is 391 g/mol. The molecule has 1 amide bonds. The predicted octanol–water partition coefficient (Wildman–Crippen LogP) is 2.65. The number of hydrogen-bond donors (Lipinski definition) is 0. The van der Waals surface area contributed by atoms with Crippen LogP contribution in [0.25, 0.3) is 0 Å². The highest BCUT2D eigenvalue weighted by Gasteiger charge is 2.36. The highest BCUT2D eigenvalue weighted by molar-refractivity contribution is 5.94. The maximum atomic E-state index is 13.4. The highest BCUT2D eigenvalue weighted by Crippen LogP contribution is 2.31. The fourth-order valence-corrected chi connectivity index (χ4v) is 3.83. The van der Waals surface area contributed by atoms with Gasteiger partial charge in [-0.2, -0.15) is 5.10 Å². The summed E-state index contributed by atoms with van der Waals surface area (Å²) in [6, 6.07) is 11.2. The number of fused-ring (bicyclic) bond motifs is 1. The Bertz CT molecular complexity index is 1080. The summed E-state index contributed by atoms with van der Waals surface area (Å²) in [5, 5.41) is 4.65. The van der Waals surface area contributed by atoms with E-state index in [0.717, 1.165) is 11.1 Å². The molecule has 4 rings (SSSR count). The Balaban J connectivity index is 1.81. The van der Waals surface area contributed by atoms with Gasteiger partial charge in [0.05, 0.1) is 5.56 Å². The van der Waals surface area contributed by atoms with Crippen LogP contribution < -0.4 is 5.69 Å². The lowest BCUT2D eigenvalue weighted by atomic mass is 10.0. The third-order valence-electron chi connectivity index (χ3n) is 5.11. The first-order valence-electron chi connectivity index (χ1n) is 9.91. The molecule has 3 heterocycles. The van der Waals surface area contributed by atoms with Crippen molar-refractivity contribution in [3.8, 4) is 0 Å². The van der Waals surface area contributed by atoms with Gasteiger partial charge >= 0.3 is 5.69 Å². The third kappa shape index (κ3) is 3.60. The number of aryl methyl sites for hydroxylation is 1. The summed E-state index contributed by atoms with van der Waals surface area (Å²) in [6.45, 7) is 7.45. The predicted molar refractivity (Wildman–Crippen MR) is 110 cm³/mol. The second kappa shape index (κ2) is 7.66. The Morgan fingerprint density at radius 2 is 1.93 bits per heavy atom. The van der Waals surface area contributed by atoms with E-state index in [-0.39, 0.29) is 11.6 Å². The normalized spacial score (nSPS) is 16.1. The highest BCUT2D eigenvalue weighted by atomic mass is 16.2. The van der Waals surface area contributed by atoms with Crippen LogP contribution in [0.2, 0.25) is 0 Å². The fourth-order valence-electron chi connectivity index (χ4n) is 3.83. The van der Waals surface area contributed by atoms with Gasteiger partial charge in [-0.3, -0.25) is 14.3 Å². The van der Waals surface area contributed by atoms with Crippen LogP contribution in [0.5, 0.6) is 0 Å². The Morgan fingerprint density at radius 3 is 2.62 bits per heavy atom. The molecule has 2 aromatic heterocycles. The van der Waals surface area contributed by atoms with Crippen molar-refractivity contribution >= 4 is 5.91 Å². The minimum atomic E-state index is -0.418. The van der Waals surface area contributed by atoms with Crippen molar-refractivity contribution in [2.24, 2.45) is 5.92 Å². The molecule has 0 bridgehead atoms. The molecule has 0 saturated heterocycles. The van der Waals surface area contributed by atoms with Crippen LogP contribution in [0.1, 0.15) is 47.2 Å². The zero-order valence-electron chi connectivity index (χ0n) is 16.9. The minimum Gasteiger partial charge on any atom is -0.322 e. The largest absolute Gasteiger partial charge is 0.346 e. The number of carbonyl (C=O) groups is 1. The number of aromatic nitrogens is 4. The van der Waals surface area contributed by atoms with Crippen molar-refractivity contribution in [2.75, 3.05) is 6.54 Å². The monoisotopic (exact) mass is 391 g/mol. The molecular formula is C22H25N5O2. The summed E-state index contributed by atoms with van der Waals surface area (Å²) >= 11 is 0. The van der Waals surface area contributed by atoms with Crippen LogP contribution in [0.3, 0.4) is 0 Å². The molecule has 1 unspecified atom stereocenters. The molecule has 1 aromatic carbocycles. The van der Waals surface area contributed by atoms with Crippen molar-refractivity contribution in [2.45, 2.75) is 39.9 Å². The molecule has 1 aliphatic heterocycles. The topological polar surface area (TPSA) is 73.0 Å². The number of hydrogen-bond acceptors (Lipinski definition) is 4. The van der Waals surface area contributed by atoms with Crippen LogP contribution in [-0.2, 0) is 13.1 Å². The van der Waals surface area contributed by atoms with Gasteiger partial charge in [0, 0.05) is 32.0 Å². The first-order chi connectivity index (χ1) is 14.0. The van der Waals surface area contributed by atoms with E-state index in [9.17, 15) is 9.59 Å². The SMILES string of the molecule is Cc1cncc(C(=O)N2CCn3c(nn(CC(C)C)c3=O)C2c2ccccc2)c1. The second-order valence-corrected chi connectivity index (χ2v) is 7.93. The zero-order chi connectivity index (χ0) is 20.5. The molecule has 0 N–H and O–H groups in total. The summed E-state index contributed by atoms with van der Waals surface area (Å²) in [5.41, 5.74) is 2.30. The number of nitrogens with zero attached hydrogens (tertiary/aromatic N) is 5.